The third kappa shape index (κ3) is 9.60. The first kappa shape index (κ1) is 43.8. The molecule has 0 bridgehead atoms. The van der Waals surface area contributed by atoms with Gasteiger partial charge in [0.2, 0.25) is 0 Å². The first-order valence-electron chi connectivity index (χ1n) is 22.7. The van der Waals surface area contributed by atoms with Gasteiger partial charge in [0.25, 0.3) is 0 Å². The van der Waals surface area contributed by atoms with Crippen molar-refractivity contribution in [2.75, 3.05) is 0 Å². The molecular formula is C67H40O3. The molecule has 0 fully saturated rings. The molecule has 0 atom stereocenters. The van der Waals surface area contributed by atoms with Gasteiger partial charge in [-0.1, -0.05) is 157 Å². The van der Waals surface area contributed by atoms with E-state index in [2.05, 4.69) is 59.8 Å². The van der Waals surface area contributed by atoms with E-state index >= 15 is 4.79 Å². The monoisotopic (exact) mass is 892 g/mol. The quantitative estimate of drug-likeness (QED) is 0.143. The van der Waals surface area contributed by atoms with Gasteiger partial charge < -0.3 is 9.47 Å². The molecule has 0 saturated heterocycles. The molecule has 0 radical (unpaired) electrons. The van der Waals surface area contributed by atoms with Gasteiger partial charge in [0.15, 0.2) is 5.78 Å². The number of Topliss-reactive ketones (excluding diaryl/α,β-unsaturated/α-hetero) is 1. The molecule has 70 heavy (non-hydrogen) atoms. The predicted molar refractivity (Wildman–Crippen MR) is 284 cm³/mol. The van der Waals surface area contributed by atoms with Crippen LogP contribution in [0.3, 0.4) is 0 Å². The zero-order valence-corrected chi connectivity index (χ0v) is 37.8. The Morgan fingerprint density at radius 3 is 1.03 bits per heavy atom. The molecule has 0 aromatic heterocycles. The lowest BCUT2D eigenvalue weighted by Crippen LogP contribution is -2.03. The minimum Gasteiger partial charge on any atom is -0.457 e. The van der Waals surface area contributed by atoms with E-state index in [-0.39, 0.29) is 5.78 Å². The molecule has 3 aliphatic rings. The Kier molecular flexibility index (Phi) is 12.7. The summed E-state index contributed by atoms with van der Waals surface area (Å²) < 4.78 is 13.4. The summed E-state index contributed by atoms with van der Waals surface area (Å²) in [6.45, 7) is 0. The van der Waals surface area contributed by atoms with Crippen LogP contribution in [0.1, 0.15) is 55.6 Å². The van der Waals surface area contributed by atoms with Crippen LogP contribution in [0.5, 0.6) is 23.0 Å². The van der Waals surface area contributed by atoms with Crippen LogP contribution in [0.25, 0.3) is 33.4 Å². The molecule has 3 aliphatic carbocycles. The fourth-order valence-corrected chi connectivity index (χ4v) is 8.21. The van der Waals surface area contributed by atoms with Gasteiger partial charge in [-0.25, -0.2) is 0 Å². The van der Waals surface area contributed by atoms with Gasteiger partial charge in [0, 0.05) is 66.8 Å². The van der Waals surface area contributed by atoms with Crippen LogP contribution in [0.2, 0.25) is 0 Å². The van der Waals surface area contributed by atoms with E-state index < -0.39 is 0 Å². The Bertz CT molecular complexity index is 3460. The van der Waals surface area contributed by atoms with Gasteiger partial charge in [-0.15, -0.1) is 12.8 Å². The number of fused-ring (bicyclic) bond motifs is 1. The van der Waals surface area contributed by atoms with Crippen molar-refractivity contribution in [3.05, 3.63) is 286 Å². The minimum absolute atomic E-state index is 0.173. The fourth-order valence-electron chi connectivity index (χ4n) is 8.21. The van der Waals surface area contributed by atoms with E-state index in [0.29, 0.717) is 67.5 Å². The van der Waals surface area contributed by atoms with E-state index in [4.69, 9.17) is 22.3 Å². The Balaban J connectivity index is 0.000000870. The molecule has 3 heteroatoms. The van der Waals surface area contributed by atoms with Crippen LogP contribution in [0, 0.1) is 48.4 Å². The molecule has 0 amide bonds. The number of benzene rings is 9. The van der Waals surface area contributed by atoms with Crippen LogP contribution in [0.15, 0.2) is 231 Å². The molecule has 0 spiro atoms. The van der Waals surface area contributed by atoms with Crippen LogP contribution >= 0.6 is 0 Å². The maximum absolute atomic E-state index is 15.8. The largest absolute Gasteiger partial charge is 0.457 e. The first-order chi connectivity index (χ1) is 34.5. The topological polar surface area (TPSA) is 35.5 Å². The second kappa shape index (κ2) is 20.2. The summed E-state index contributed by atoms with van der Waals surface area (Å²) in [6.07, 6.45) is 11.4. The highest BCUT2D eigenvalue weighted by Crippen LogP contribution is 2.54. The third-order valence-corrected chi connectivity index (χ3v) is 11.8. The van der Waals surface area contributed by atoms with Gasteiger partial charge in [0.1, 0.15) is 23.0 Å². The average Bonchev–Trinajstić information content (AvgIpc) is 3.72. The number of hydrogen-bond donors (Lipinski definition) is 0. The standard InChI is InChI=1S/C61H36O3.C6H4/c1-3-43-33-37-51(38-34-43)63-55-27-13-11-25-53(55)59-57(49-23-15-21-47(41-49)31-29-45-17-7-5-8-18-45)61(62)58(50-24-16-22-48(42-50)32-30-46-19-9-6-10-20-46)60(59)54-26-12-14-28-56(54)64-52-39-35-44(4-2)36-40-52;1-2-6-4-3-5(1)6/h1-2,5-28,33-42H;1-4H. The molecular weight excluding hydrogens is 853 g/mol. The van der Waals surface area contributed by atoms with Crippen LogP contribution in [0.4, 0.5) is 0 Å². The van der Waals surface area contributed by atoms with Crippen LogP contribution in [-0.2, 0) is 4.79 Å². The number of carbonyl (C=O) groups is 1. The number of ether oxygens (including phenoxy) is 2. The minimum atomic E-state index is -0.173. The van der Waals surface area contributed by atoms with Gasteiger partial charge in [-0.05, 0) is 131 Å². The highest BCUT2D eigenvalue weighted by Gasteiger charge is 2.38. The van der Waals surface area contributed by atoms with Crippen LogP contribution < -0.4 is 9.47 Å². The summed E-state index contributed by atoms with van der Waals surface area (Å²) in [6, 6.07) is 74.0. The fraction of sp³-hybridized carbons (Fsp3) is 0. The number of para-hydroxylation sites is 2. The molecule has 0 heterocycles. The Labute approximate surface area is 409 Å². The Hall–Kier alpha value is -10.0. The van der Waals surface area contributed by atoms with Crippen LogP contribution in [-0.4, -0.2) is 5.78 Å². The summed E-state index contributed by atoms with van der Waals surface area (Å²) in [5.74, 6) is 20.7. The molecule has 3 nitrogen and oxygen atoms in total. The molecule has 8 aromatic carbocycles. The summed E-state index contributed by atoms with van der Waals surface area (Å²) >= 11 is 0. The summed E-state index contributed by atoms with van der Waals surface area (Å²) in [5, 5.41) is 0. The second-order valence-corrected chi connectivity index (χ2v) is 16.3. The summed E-state index contributed by atoms with van der Waals surface area (Å²) in [7, 11) is 0. The highest BCUT2D eigenvalue weighted by atomic mass is 16.5. The molecule has 8 aromatic rings. The average molecular weight is 893 g/mol. The number of rotatable bonds is 8. The van der Waals surface area contributed by atoms with Gasteiger partial charge in [0.05, 0.1) is 0 Å². The SMILES string of the molecule is C#Cc1ccc(Oc2ccccc2C2=C(c3cccc(C#Cc4ccccc4)c3)C(=O)C(c3cccc(C#Cc4ccccc4)c3)=C2c2ccccc2Oc2ccc(C#C)cc2)cc1.c1cc2ccc1-2. The van der Waals surface area contributed by atoms with E-state index in [1.165, 1.54) is 11.1 Å². The van der Waals surface area contributed by atoms with Crippen molar-refractivity contribution in [1.29, 1.82) is 0 Å². The maximum Gasteiger partial charge on any atom is 0.195 e. The lowest BCUT2D eigenvalue weighted by atomic mass is 9.88. The second-order valence-electron chi connectivity index (χ2n) is 16.3. The highest BCUT2D eigenvalue weighted by molar-refractivity contribution is 6.59. The summed E-state index contributed by atoms with van der Waals surface area (Å²) in [5.41, 5.74) is 12.7. The Morgan fingerprint density at radius 1 is 0.300 bits per heavy atom. The lowest BCUT2D eigenvalue weighted by Gasteiger charge is -2.19. The molecule has 11 rings (SSSR count). The third-order valence-electron chi connectivity index (χ3n) is 11.8. The maximum atomic E-state index is 15.8. The number of ketones is 1. The molecule has 0 aliphatic heterocycles. The lowest BCUT2D eigenvalue weighted by molar-refractivity contribution is -0.108. The van der Waals surface area contributed by atoms with E-state index in [9.17, 15) is 0 Å². The molecule has 0 N–H and O–H groups in total. The van der Waals surface area contributed by atoms with Crippen molar-refractivity contribution < 1.29 is 14.3 Å². The molecule has 0 saturated carbocycles. The predicted octanol–water partition coefficient (Wildman–Crippen LogP) is 14.8. The van der Waals surface area contributed by atoms with E-state index in [1.807, 2.05) is 206 Å². The van der Waals surface area contributed by atoms with Crippen molar-refractivity contribution >= 4 is 28.1 Å². The van der Waals surface area contributed by atoms with Gasteiger partial charge >= 0.3 is 0 Å². The van der Waals surface area contributed by atoms with Gasteiger partial charge in [-0.3, -0.25) is 4.79 Å². The zero-order chi connectivity index (χ0) is 47.7. The van der Waals surface area contributed by atoms with Crippen molar-refractivity contribution in [2.45, 2.75) is 0 Å². The van der Waals surface area contributed by atoms with Gasteiger partial charge in [-0.2, -0.15) is 0 Å². The number of allylic oxidation sites excluding steroid dienone is 4. The number of carbonyl (C=O) groups excluding carboxylic acids is 1. The van der Waals surface area contributed by atoms with Crippen molar-refractivity contribution in [3.63, 3.8) is 0 Å². The number of terminal acetylenes is 2. The Morgan fingerprint density at radius 2 is 0.657 bits per heavy atom. The number of hydrogen-bond acceptors (Lipinski definition) is 3. The summed E-state index contributed by atoms with van der Waals surface area (Å²) in [4.78, 5) is 15.8. The van der Waals surface area contributed by atoms with E-state index in [1.54, 1.807) is 0 Å². The molecule has 326 valence electrons. The normalized spacial score (nSPS) is 11.7. The van der Waals surface area contributed by atoms with E-state index in [0.717, 1.165) is 33.4 Å². The van der Waals surface area contributed by atoms with Crippen molar-refractivity contribution in [1.82, 2.24) is 0 Å². The smallest absolute Gasteiger partial charge is 0.195 e. The molecule has 0 unspecified atom stereocenters. The first-order valence-corrected chi connectivity index (χ1v) is 22.7. The van der Waals surface area contributed by atoms with Crippen molar-refractivity contribution in [2.24, 2.45) is 0 Å². The van der Waals surface area contributed by atoms with Crippen molar-refractivity contribution in [3.8, 4) is 82.5 Å². The zero-order valence-electron chi connectivity index (χ0n) is 37.8.